The number of methoxy groups -OCH3 is 2. The summed E-state index contributed by atoms with van der Waals surface area (Å²) in [5.41, 5.74) is 0.665. The van der Waals surface area contributed by atoms with Crippen LogP contribution in [0.3, 0.4) is 0 Å². The first-order valence-electron chi connectivity index (χ1n) is 3.71. The van der Waals surface area contributed by atoms with E-state index >= 15 is 0 Å². The van der Waals surface area contributed by atoms with Crippen LogP contribution in [-0.4, -0.2) is 19.3 Å². The van der Waals surface area contributed by atoms with Crippen molar-refractivity contribution in [1.82, 2.24) is 0 Å². The van der Waals surface area contributed by atoms with E-state index in [9.17, 15) is 5.11 Å². The molecule has 0 saturated carbocycles. The molecule has 0 radical (unpaired) electrons. The van der Waals surface area contributed by atoms with Crippen molar-refractivity contribution in [2.45, 2.75) is 6.92 Å². The summed E-state index contributed by atoms with van der Waals surface area (Å²) in [5.74, 6) is 0.792. The number of hydrogen-bond acceptors (Lipinski definition) is 3. The Kier molecular flexibility index (Phi) is 2.88. The Balaban J connectivity index is 3.39. The van der Waals surface area contributed by atoms with Crippen LogP contribution in [0.4, 0.5) is 0 Å². The minimum Gasteiger partial charge on any atom is -0.504 e. The predicted octanol–water partition coefficient (Wildman–Crippen LogP) is 2.37. The van der Waals surface area contributed by atoms with E-state index in [0.717, 1.165) is 0 Å². The molecule has 0 bridgehead atoms. The lowest BCUT2D eigenvalue weighted by Crippen LogP contribution is -1.91. The highest BCUT2D eigenvalue weighted by Gasteiger charge is 2.14. The summed E-state index contributed by atoms with van der Waals surface area (Å²) < 4.78 is 9.94. The monoisotopic (exact) mass is 202 g/mol. The van der Waals surface area contributed by atoms with Crippen LogP contribution in [0, 0.1) is 6.92 Å². The largest absolute Gasteiger partial charge is 0.504 e. The molecule has 0 aliphatic heterocycles. The molecule has 0 fully saturated rings. The molecule has 0 amide bonds. The number of rotatable bonds is 2. The molecule has 1 N–H and O–H groups in total. The van der Waals surface area contributed by atoms with Crippen LogP contribution in [0.1, 0.15) is 5.56 Å². The summed E-state index contributed by atoms with van der Waals surface area (Å²) in [6.07, 6.45) is 0. The first-order valence-corrected chi connectivity index (χ1v) is 4.09. The Labute approximate surface area is 81.9 Å². The van der Waals surface area contributed by atoms with Gasteiger partial charge in [0.2, 0.25) is 0 Å². The molecule has 0 spiro atoms. The Hall–Kier alpha value is -1.09. The molecular weight excluding hydrogens is 192 g/mol. The average Bonchev–Trinajstić information content (AvgIpc) is 2.12. The summed E-state index contributed by atoms with van der Waals surface area (Å²) in [7, 11) is 2.96. The normalized spacial score (nSPS) is 9.85. The number of benzene rings is 1. The van der Waals surface area contributed by atoms with Gasteiger partial charge in [0, 0.05) is 0 Å². The summed E-state index contributed by atoms with van der Waals surface area (Å²) in [4.78, 5) is 0. The number of aryl methyl sites for hydroxylation is 1. The van der Waals surface area contributed by atoms with E-state index in [0.29, 0.717) is 11.3 Å². The fourth-order valence-corrected chi connectivity index (χ4v) is 1.36. The SMILES string of the molecule is COc1cc(C)c(O)c(OC)c1Cl. The summed E-state index contributed by atoms with van der Waals surface area (Å²) in [6.45, 7) is 1.75. The molecule has 4 heteroatoms. The van der Waals surface area contributed by atoms with Crippen LogP contribution >= 0.6 is 11.6 Å². The fraction of sp³-hybridized carbons (Fsp3) is 0.333. The zero-order chi connectivity index (χ0) is 10.0. The molecule has 0 aliphatic rings. The molecule has 0 aliphatic carbocycles. The van der Waals surface area contributed by atoms with Gasteiger partial charge >= 0.3 is 0 Å². The van der Waals surface area contributed by atoms with E-state index in [1.54, 1.807) is 13.0 Å². The molecule has 1 aromatic carbocycles. The Bertz CT molecular complexity index is 323. The van der Waals surface area contributed by atoms with Crippen molar-refractivity contribution in [2.24, 2.45) is 0 Å². The lowest BCUT2D eigenvalue weighted by molar-refractivity contribution is 0.363. The second-order valence-electron chi connectivity index (χ2n) is 2.59. The Morgan fingerprint density at radius 1 is 1.31 bits per heavy atom. The van der Waals surface area contributed by atoms with Crippen molar-refractivity contribution in [3.8, 4) is 17.2 Å². The van der Waals surface area contributed by atoms with Crippen molar-refractivity contribution in [3.05, 3.63) is 16.7 Å². The number of ether oxygens (including phenoxy) is 2. The minimum atomic E-state index is 0.0494. The number of aromatic hydroxyl groups is 1. The lowest BCUT2D eigenvalue weighted by Gasteiger charge is -2.11. The molecule has 13 heavy (non-hydrogen) atoms. The van der Waals surface area contributed by atoms with Crippen molar-refractivity contribution in [2.75, 3.05) is 14.2 Å². The maximum Gasteiger partial charge on any atom is 0.183 e. The second-order valence-corrected chi connectivity index (χ2v) is 2.97. The summed E-state index contributed by atoms with van der Waals surface area (Å²) in [6, 6.07) is 1.65. The number of phenols is 1. The summed E-state index contributed by atoms with van der Waals surface area (Å²) in [5, 5.41) is 9.82. The standard InChI is InChI=1S/C9H11ClO3/c1-5-4-6(12-2)7(10)9(13-3)8(5)11/h4,11H,1-3H3. The van der Waals surface area contributed by atoms with E-state index in [4.69, 9.17) is 21.1 Å². The Morgan fingerprint density at radius 2 is 1.92 bits per heavy atom. The molecule has 0 aromatic heterocycles. The smallest absolute Gasteiger partial charge is 0.183 e. The van der Waals surface area contributed by atoms with Crippen LogP contribution < -0.4 is 9.47 Å². The van der Waals surface area contributed by atoms with Gasteiger partial charge < -0.3 is 14.6 Å². The molecule has 0 heterocycles. The van der Waals surface area contributed by atoms with Gasteiger partial charge in [-0.1, -0.05) is 11.6 Å². The van der Waals surface area contributed by atoms with Crippen LogP contribution in [0.25, 0.3) is 0 Å². The number of hydrogen-bond donors (Lipinski definition) is 1. The van der Waals surface area contributed by atoms with Crippen LogP contribution in [0.15, 0.2) is 6.07 Å². The maximum absolute atomic E-state index is 9.53. The average molecular weight is 203 g/mol. The lowest BCUT2D eigenvalue weighted by atomic mass is 10.2. The van der Waals surface area contributed by atoms with Crippen molar-refractivity contribution in [3.63, 3.8) is 0 Å². The zero-order valence-electron chi connectivity index (χ0n) is 7.72. The maximum atomic E-state index is 9.53. The van der Waals surface area contributed by atoms with Crippen molar-refractivity contribution < 1.29 is 14.6 Å². The minimum absolute atomic E-state index is 0.0494. The highest BCUT2D eigenvalue weighted by atomic mass is 35.5. The molecule has 0 unspecified atom stereocenters. The van der Waals surface area contributed by atoms with E-state index < -0.39 is 0 Å². The van der Waals surface area contributed by atoms with Gasteiger partial charge in [0.1, 0.15) is 10.8 Å². The first kappa shape index (κ1) is 9.99. The highest BCUT2D eigenvalue weighted by molar-refractivity contribution is 6.33. The molecule has 0 atom stereocenters. The van der Waals surface area contributed by atoms with Crippen LogP contribution in [0.5, 0.6) is 17.2 Å². The third-order valence-electron chi connectivity index (χ3n) is 1.78. The van der Waals surface area contributed by atoms with Crippen molar-refractivity contribution >= 4 is 11.6 Å². The molecule has 72 valence electrons. The number of phenolic OH excluding ortho intramolecular Hbond substituents is 1. The fourth-order valence-electron chi connectivity index (χ4n) is 1.06. The van der Waals surface area contributed by atoms with E-state index in [-0.39, 0.29) is 16.5 Å². The van der Waals surface area contributed by atoms with Gasteiger partial charge in [-0.25, -0.2) is 0 Å². The zero-order valence-corrected chi connectivity index (χ0v) is 8.47. The molecule has 1 aromatic rings. The van der Waals surface area contributed by atoms with Gasteiger partial charge in [0.05, 0.1) is 14.2 Å². The van der Waals surface area contributed by atoms with Crippen LogP contribution in [0.2, 0.25) is 5.02 Å². The summed E-state index contributed by atoms with van der Waals surface area (Å²) >= 11 is 5.88. The van der Waals surface area contributed by atoms with Gasteiger partial charge in [0.25, 0.3) is 0 Å². The van der Waals surface area contributed by atoms with Gasteiger partial charge in [-0.15, -0.1) is 0 Å². The quantitative estimate of drug-likeness (QED) is 0.800. The van der Waals surface area contributed by atoms with Gasteiger partial charge in [0.15, 0.2) is 11.5 Å². The van der Waals surface area contributed by atoms with Crippen molar-refractivity contribution in [1.29, 1.82) is 0 Å². The third-order valence-corrected chi connectivity index (χ3v) is 2.13. The molecule has 3 nitrogen and oxygen atoms in total. The van der Waals surface area contributed by atoms with E-state index in [2.05, 4.69) is 0 Å². The highest BCUT2D eigenvalue weighted by Crippen LogP contribution is 2.42. The molecular formula is C9H11ClO3. The Morgan fingerprint density at radius 3 is 2.38 bits per heavy atom. The second kappa shape index (κ2) is 3.75. The van der Waals surface area contributed by atoms with Crippen LogP contribution in [-0.2, 0) is 0 Å². The van der Waals surface area contributed by atoms with Gasteiger partial charge in [-0.2, -0.15) is 0 Å². The molecule has 1 rings (SSSR count). The third kappa shape index (κ3) is 1.65. The topological polar surface area (TPSA) is 38.7 Å². The number of halogens is 1. The first-order chi connectivity index (χ1) is 6.11. The van der Waals surface area contributed by atoms with Gasteiger partial charge in [-0.05, 0) is 18.6 Å². The van der Waals surface area contributed by atoms with E-state index in [1.165, 1.54) is 14.2 Å². The predicted molar refractivity (Wildman–Crippen MR) is 51.0 cm³/mol. The van der Waals surface area contributed by atoms with Gasteiger partial charge in [-0.3, -0.25) is 0 Å². The van der Waals surface area contributed by atoms with E-state index in [1.807, 2.05) is 0 Å². The molecule has 0 saturated heterocycles.